The lowest BCUT2D eigenvalue weighted by Gasteiger charge is -2.19. The van der Waals surface area contributed by atoms with Gasteiger partial charge in [-0.25, -0.2) is 5.48 Å². The largest absolute Gasteiger partial charge is 0.505 e. The number of hydrogen-bond donors (Lipinski definition) is 4. The van der Waals surface area contributed by atoms with Gasteiger partial charge in [0.15, 0.2) is 5.75 Å². The van der Waals surface area contributed by atoms with Crippen LogP contribution in [-0.2, 0) is 4.84 Å². The molecule has 0 aliphatic rings. The minimum absolute atomic E-state index is 0. The molecular weight excluding hydrogens is 416 g/mol. The monoisotopic (exact) mass is 438 g/mol. The minimum Gasteiger partial charge on any atom is -0.505 e. The van der Waals surface area contributed by atoms with Gasteiger partial charge in [-0.3, -0.25) is 19.9 Å². The SMILES string of the molecule is CC(C)(C)ONCCNc1nnc(NC(=O)c2ccc3cccnc3c2O)s1.Cl. The summed E-state index contributed by atoms with van der Waals surface area (Å²) in [6.07, 6.45) is 1.56. The molecule has 2 heterocycles. The number of hydroxylamine groups is 1. The van der Waals surface area contributed by atoms with Gasteiger partial charge in [0.2, 0.25) is 10.3 Å². The van der Waals surface area contributed by atoms with E-state index in [0.717, 1.165) is 5.39 Å². The van der Waals surface area contributed by atoms with E-state index >= 15 is 0 Å². The summed E-state index contributed by atoms with van der Waals surface area (Å²) >= 11 is 1.20. The highest BCUT2D eigenvalue weighted by Gasteiger charge is 2.16. The first-order valence-electron chi connectivity index (χ1n) is 8.70. The summed E-state index contributed by atoms with van der Waals surface area (Å²) in [4.78, 5) is 22.0. The zero-order valence-electron chi connectivity index (χ0n) is 16.2. The Morgan fingerprint density at radius 3 is 2.69 bits per heavy atom. The van der Waals surface area contributed by atoms with Crippen LogP contribution < -0.4 is 16.1 Å². The van der Waals surface area contributed by atoms with Crippen LogP contribution in [0.4, 0.5) is 10.3 Å². The van der Waals surface area contributed by atoms with Crippen molar-refractivity contribution < 1.29 is 14.7 Å². The number of pyridine rings is 1. The molecular formula is C18H23ClN6O3S. The van der Waals surface area contributed by atoms with Gasteiger partial charge in [-0.15, -0.1) is 22.6 Å². The highest BCUT2D eigenvalue weighted by Crippen LogP contribution is 2.28. The molecule has 0 radical (unpaired) electrons. The molecule has 4 N–H and O–H groups in total. The van der Waals surface area contributed by atoms with Crippen molar-refractivity contribution in [3.05, 3.63) is 36.0 Å². The van der Waals surface area contributed by atoms with Crippen molar-refractivity contribution in [2.75, 3.05) is 23.7 Å². The lowest BCUT2D eigenvalue weighted by atomic mass is 10.1. The molecule has 0 fully saturated rings. The van der Waals surface area contributed by atoms with Crippen LogP contribution in [-0.4, -0.2) is 44.9 Å². The summed E-state index contributed by atoms with van der Waals surface area (Å²) in [5.41, 5.74) is 3.11. The van der Waals surface area contributed by atoms with E-state index in [1.165, 1.54) is 11.3 Å². The molecule has 2 aromatic heterocycles. The fourth-order valence-corrected chi connectivity index (χ4v) is 2.97. The lowest BCUT2D eigenvalue weighted by Crippen LogP contribution is -2.32. The number of nitrogens with zero attached hydrogens (tertiary/aromatic N) is 3. The molecule has 9 nitrogen and oxygen atoms in total. The number of amides is 1. The first-order valence-corrected chi connectivity index (χ1v) is 9.51. The Balaban J connectivity index is 0.00000300. The van der Waals surface area contributed by atoms with Crippen LogP contribution in [0.15, 0.2) is 30.5 Å². The van der Waals surface area contributed by atoms with Gasteiger partial charge in [-0.05, 0) is 32.9 Å². The molecule has 0 saturated heterocycles. The smallest absolute Gasteiger partial charge is 0.261 e. The number of anilines is 2. The molecule has 0 saturated carbocycles. The molecule has 0 bridgehead atoms. The van der Waals surface area contributed by atoms with Crippen molar-refractivity contribution in [2.24, 2.45) is 0 Å². The Labute approximate surface area is 178 Å². The molecule has 1 amide bonds. The number of halogens is 1. The van der Waals surface area contributed by atoms with E-state index < -0.39 is 5.91 Å². The summed E-state index contributed by atoms with van der Waals surface area (Å²) in [5.74, 6) is -0.642. The van der Waals surface area contributed by atoms with Crippen LogP contribution in [0.3, 0.4) is 0 Å². The number of phenolic OH excluding ortho intramolecular Hbond substituents is 1. The number of carbonyl (C=O) groups excluding carboxylic acids is 1. The van der Waals surface area contributed by atoms with Gasteiger partial charge in [-0.1, -0.05) is 23.5 Å². The number of nitrogens with one attached hydrogen (secondary N) is 3. The lowest BCUT2D eigenvalue weighted by molar-refractivity contribution is -0.0706. The van der Waals surface area contributed by atoms with Crippen molar-refractivity contribution >= 4 is 50.8 Å². The topological polar surface area (TPSA) is 121 Å². The fourth-order valence-electron chi connectivity index (χ4n) is 2.31. The zero-order valence-corrected chi connectivity index (χ0v) is 17.9. The number of aromatic nitrogens is 3. The number of hydrogen-bond acceptors (Lipinski definition) is 9. The zero-order chi connectivity index (χ0) is 20.1. The van der Waals surface area contributed by atoms with Crippen LogP contribution in [0.1, 0.15) is 31.1 Å². The van der Waals surface area contributed by atoms with Gasteiger partial charge < -0.3 is 10.4 Å². The third kappa shape index (κ3) is 6.23. The van der Waals surface area contributed by atoms with Gasteiger partial charge in [-0.2, -0.15) is 0 Å². The Kier molecular flexibility index (Phi) is 7.68. The van der Waals surface area contributed by atoms with E-state index in [1.54, 1.807) is 24.4 Å². The number of carbonyl (C=O) groups is 1. The molecule has 156 valence electrons. The van der Waals surface area contributed by atoms with Crippen LogP contribution in [0, 0.1) is 0 Å². The van der Waals surface area contributed by atoms with Crippen molar-refractivity contribution in [3.63, 3.8) is 0 Å². The Hall–Kier alpha value is -2.53. The summed E-state index contributed by atoms with van der Waals surface area (Å²) in [7, 11) is 0. The van der Waals surface area contributed by atoms with E-state index in [0.29, 0.717) is 28.9 Å². The van der Waals surface area contributed by atoms with Crippen molar-refractivity contribution in [1.29, 1.82) is 0 Å². The maximum absolute atomic E-state index is 12.5. The van der Waals surface area contributed by atoms with Crippen molar-refractivity contribution in [1.82, 2.24) is 20.7 Å². The average Bonchev–Trinajstić information content (AvgIpc) is 3.08. The molecule has 0 atom stereocenters. The summed E-state index contributed by atoms with van der Waals surface area (Å²) in [5, 5.41) is 25.6. The quantitative estimate of drug-likeness (QED) is 0.328. The number of fused-ring (bicyclic) bond motifs is 1. The molecule has 3 aromatic rings. The molecule has 0 aliphatic carbocycles. The van der Waals surface area contributed by atoms with Gasteiger partial charge in [0.1, 0.15) is 5.52 Å². The summed E-state index contributed by atoms with van der Waals surface area (Å²) < 4.78 is 0. The fraction of sp³-hybridized carbons (Fsp3) is 0.333. The van der Waals surface area contributed by atoms with Crippen LogP contribution >= 0.6 is 23.7 Å². The number of benzene rings is 1. The Bertz CT molecular complexity index is 976. The van der Waals surface area contributed by atoms with E-state index in [2.05, 4.69) is 31.3 Å². The molecule has 29 heavy (non-hydrogen) atoms. The van der Waals surface area contributed by atoms with Crippen LogP contribution in [0.25, 0.3) is 10.9 Å². The maximum Gasteiger partial charge on any atom is 0.261 e. The van der Waals surface area contributed by atoms with Gasteiger partial charge in [0, 0.05) is 24.7 Å². The Morgan fingerprint density at radius 1 is 1.17 bits per heavy atom. The predicted molar refractivity (Wildman–Crippen MR) is 116 cm³/mol. The van der Waals surface area contributed by atoms with E-state index in [9.17, 15) is 9.90 Å². The molecule has 1 aromatic carbocycles. The molecule has 0 spiro atoms. The highest BCUT2D eigenvalue weighted by atomic mass is 35.5. The Morgan fingerprint density at radius 2 is 1.93 bits per heavy atom. The second-order valence-corrected chi connectivity index (χ2v) is 7.92. The van der Waals surface area contributed by atoms with E-state index in [4.69, 9.17) is 4.84 Å². The van der Waals surface area contributed by atoms with Crippen molar-refractivity contribution in [2.45, 2.75) is 26.4 Å². The summed E-state index contributed by atoms with van der Waals surface area (Å²) in [6, 6.07) is 6.86. The first-order chi connectivity index (χ1) is 13.3. The maximum atomic E-state index is 12.5. The van der Waals surface area contributed by atoms with Crippen LogP contribution in [0.2, 0.25) is 0 Å². The first kappa shape index (κ1) is 22.8. The number of aromatic hydroxyl groups is 1. The molecule has 11 heteroatoms. The highest BCUT2D eigenvalue weighted by molar-refractivity contribution is 7.19. The average molecular weight is 439 g/mol. The van der Waals surface area contributed by atoms with E-state index in [1.807, 2.05) is 26.8 Å². The van der Waals surface area contributed by atoms with Crippen LogP contribution in [0.5, 0.6) is 5.75 Å². The van der Waals surface area contributed by atoms with Gasteiger partial charge in [0.05, 0.1) is 11.2 Å². The van der Waals surface area contributed by atoms with Gasteiger partial charge in [0.25, 0.3) is 5.91 Å². The number of phenols is 1. The molecule has 0 aliphatic heterocycles. The third-order valence-electron chi connectivity index (χ3n) is 3.52. The predicted octanol–water partition coefficient (Wildman–Crippen LogP) is 3.20. The second-order valence-electron chi connectivity index (χ2n) is 6.94. The molecule has 3 rings (SSSR count). The third-order valence-corrected chi connectivity index (χ3v) is 4.32. The summed E-state index contributed by atoms with van der Waals surface area (Å²) in [6.45, 7) is 7.02. The normalized spacial score (nSPS) is 11.1. The molecule has 0 unspecified atom stereocenters. The van der Waals surface area contributed by atoms with E-state index in [-0.39, 0.29) is 29.3 Å². The standard InChI is InChI=1S/C18H22N6O3S.ClH/c1-18(2,3)27-21-10-9-20-16-23-24-17(28-16)22-15(26)12-7-6-11-5-4-8-19-13(11)14(12)25;/h4-8,21,25H,9-10H2,1-3H3,(H,20,23)(H,22,24,26);1H. The van der Waals surface area contributed by atoms with Gasteiger partial charge >= 0.3 is 0 Å². The second kappa shape index (κ2) is 9.79. The number of rotatable bonds is 7. The minimum atomic E-state index is -0.479. The van der Waals surface area contributed by atoms with Crippen molar-refractivity contribution in [3.8, 4) is 5.75 Å².